The van der Waals surface area contributed by atoms with E-state index in [1.54, 1.807) is 0 Å². The van der Waals surface area contributed by atoms with Gasteiger partial charge in [-0.2, -0.15) is 0 Å². The lowest BCUT2D eigenvalue weighted by molar-refractivity contribution is -0.108. The average molecular weight is 184 g/mol. The van der Waals surface area contributed by atoms with Crippen LogP contribution in [0.3, 0.4) is 0 Å². The van der Waals surface area contributed by atoms with E-state index in [9.17, 15) is 4.79 Å². The quantitative estimate of drug-likeness (QED) is 0.488. The Morgan fingerprint density at radius 3 is 2.31 bits per heavy atom. The second-order valence-electron chi connectivity index (χ2n) is 4.74. The van der Waals surface area contributed by atoms with Crippen LogP contribution in [0.5, 0.6) is 0 Å². The van der Waals surface area contributed by atoms with Crippen molar-refractivity contribution >= 4 is 6.29 Å². The highest BCUT2D eigenvalue weighted by molar-refractivity contribution is 5.62. The lowest BCUT2D eigenvalue weighted by Crippen LogP contribution is -2.13. The number of carbonyl (C=O) groups is 1. The van der Waals surface area contributed by atoms with Crippen LogP contribution in [0.4, 0.5) is 0 Å². The summed E-state index contributed by atoms with van der Waals surface area (Å²) in [5.41, 5.74) is -0.133. The summed E-state index contributed by atoms with van der Waals surface area (Å²) >= 11 is 0. The predicted octanol–water partition coefficient (Wildman–Crippen LogP) is 1.30. The molecule has 2 saturated heterocycles. The third-order valence-electron chi connectivity index (χ3n) is 3.13. The smallest absolute Gasteiger partial charge is 0.151 e. The highest BCUT2D eigenvalue weighted by Gasteiger charge is 2.55. The van der Waals surface area contributed by atoms with Crippen LogP contribution in [0.25, 0.3) is 0 Å². The van der Waals surface area contributed by atoms with Gasteiger partial charge in [0, 0.05) is 0 Å². The summed E-state index contributed by atoms with van der Waals surface area (Å²) in [6, 6.07) is 0. The van der Waals surface area contributed by atoms with Crippen LogP contribution < -0.4 is 0 Å². The van der Waals surface area contributed by atoms with Crippen molar-refractivity contribution < 1.29 is 14.3 Å². The van der Waals surface area contributed by atoms with Gasteiger partial charge in [0.2, 0.25) is 0 Å². The molecule has 3 atom stereocenters. The van der Waals surface area contributed by atoms with Crippen molar-refractivity contribution in [2.75, 3.05) is 0 Å². The first-order valence-electron chi connectivity index (χ1n) is 4.79. The largest absolute Gasteiger partial charge is 0.367 e. The van der Waals surface area contributed by atoms with Gasteiger partial charge in [0.25, 0.3) is 0 Å². The van der Waals surface area contributed by atoms with E-state index in [4.69, 9.17) is 9.47 Å². The van der Waals surface area contributed by atoms with Crippen molar-refractivity contribution in [3.63, 3.8) is 0 Å². The minimum Gasteiger partial charge on any atom is -0.367 e. The van der Waals surface area contributed by atoms with Gasteiger partial charge in [-0.1, -0.05) is 0 Å². The van der Waals surface area contributed by atoms with Crippen molar-refractivity contribution in [1.29, 1.82) is 0 Å². The maximum Gasteiger partial charge on any atom is 0.151 e. The Labute approximate surface area is 78.4 Å². The minimum absolute atomic E-state index is 0.0575. The number of hydrogen-bond donors (Lipinski definition) is 0. The molecule has 74 valence electrons. The molecule has 0 spiro atoms. The molecule has 2 fully saturated rings. The molecule has 3 unspecified atom stereocenters. The average Bonchev–Trinajstić information content (AvgIpc) is 2.87. The lowest BCUT2D eigenvalue weighted by atomic mass is 9.97. The predicted molar refractivity (Wildman–Crippen MR) is 47.5 cm³/mol. The zero-order chi connectivity index (χ0) is 9.69. The summed E-state index contributed by atoms with van der Waals surface area (Å²) in [5, 5.41) is 0. The van der Waals surface area contributed by atoms with Gasteiger partial charge in [-0.25, -0.2) is 0 Å². The molecule has 2 rings (SSSR count). The van der Waals surface area contributed by atoms with Gasteiger partial charge in [0.05, 0.1) is 17.3 Å². The van der Waals surface area contributed by atoms with E-state index in [0.717, 1.165) is 19.1 Å². The normalized spacial score (nSPS) is 45.8. The van der Waals surface area contributed by atoms with Crippen LogP contribution in [-0.2, 0) is 14.3 Å². The molecule has 13 heavy (non-hydrogen) atoms. The summed E-state index contributed by atoms with van der Waals surface area (Å²) in [7, 11) is 0. The number of carbonyl (C=O) groups excluding carboxylic acids is 1. The van der Waals surface area contributed by atoms with E-state index < -0.39 is 0 Å². The van der Waals surface area contributed by atoms with Gasteiger partial charge < -0.3 is 14.3 Å². The first-order chi connectivity index (χ1) is 5.98. The maximum absolute atomic E-state index is 10.4. The molecule has 0 saturated carbocycles. The van der Waals surface area contributed by atoms with Crippen molar-refractivity contribution in [3.05, 3.63) is 0 Å². The van der Waals surface area contributed by atoms with Crippen LogP contribution in [0.2, 0.25) is 0 Å². The Bertz CT molecular complexity index is 236. The summed E-state index contributed by atoms with van der Waals surface area (Å²) in [6.45, 7) is 6.16. The molecule has 3 nitrogen and oxygen atoms in total. The topological polar surface area (TPSA) is 42.1 Å². The SMILES string of the molecule is CC1(C)OC1CCC1(C)OC1C=O. The number of rotatable bonds is 4. The molecule has 2 aliphatic rings. The van der Waals surface area contributed by atoms with E-state index in [1.807, 2.05) is 6.92 Å². The first-order valence-corrected chi connectivity index (χ1v) is 4.79. The van der Waals surface area contributed by atoms with Crippen LogP contribution in [0, 0.1) is 0 Å². The minimum atomic E-state index is -0.191. The Morgan fingerprint density at radius 1 is 1.31 bits per heavy atom. The summed E-state index contributed by atoms with van der Waals surface area (Å²) < 4.78 is 10.7. The third-order valence-corrected chi connectivity index (χ3v) is 3.13. The van der Waals surface area contributed by atoms with E-state index >= 15 is 0 Å². The van der Waals surface area contributed by atoms with Crippen molar-refractivity contribution in [2.45, 2.75) is 57.0 Å². The first kappa shape index (κ1) is 9.16. The van der Waals surface area contributed by atoms with E-state index in [2.05, 4.69) is 13.8 Å². The third kappa shape index (κ3) is 1.63. The Kier molecular flexibility index (Phi) is 1.79. The molecule has 0 N–H and O–H groups in total. The Morgan fingerprint density at radius 2 is 1.92 bits per heavy atom. The molecule has 0 aromatic heterocycles. The van der Waals surface area contributed by atoms with E-state index in [-0.39, 0.29) is 17.3 Å². The highest BCUT2D eigenvalue weighted by Crippen LogP contribution is 2.44. The fourth-order valence-corrected chi connectivity index (χ4v) is 1.79. The Hall–Kier alpha value is -0.410. The van der Waals surface area contributed by atoms with Crippen LogP contribution in [-0.4, -0.2) is 29.7 Å². The number of aldehydes is 1. The summed E-state index contributed by atoms with van der Waals surface area (Å²) in [5.74, 6) is 0. The standard InChI is InChI=1S/C10H16O3/c1-9(2)7(12-9)4-5-10(3)8(6-11)13-10/h6-8H,4-5H2,1-3H3. The second-order valence-corrected chi connectivity index (χ2v) is 4.74. The van der Waals surface area contributed by atoms with Crippen molar-refractivity contribution in [3.8, 4) is 0 Å². The Balaban J connectivity index is 1.73. The molecule has 0 bridgehead atoms. The monoisotopic (exact) mass is 184 g/mol. The molecule has 0 radical (unpaired) electrons. The fourth-order valence-electron chi connectivity index (χ4n) is 1.79. The zero-order valence-corrected chi connectivity index (χ0v) is 8.37. The van der Waals surface area contributed by atoms with Gasteiger partial charge in [-0.15, -0.1) is 0 Å². The van der Waals surface area contributed by atoms with Gasteiger partial charge in [0.1, 0.15) is 6.10 Å². The fraction of sp³-hybridized carbons (Fsp3) is 0.900. The number of epoxide rings is 2. The lowest BCUT2D eigenvalue weighted by Gasteiger charge is -2.02. The number of hydrogen-bond acceptors (Lipinski definition) is 3. The highest BCUT2D eigenvalue weighted by atomic mass is 16.6. The second kappa shape index (κ2) is 2.55. The van der Waals surface area contributed by atoms with E-state index in [0.29, 0.717) is 6.10 Å². The van der Waals surface area contributed by atoms with Gasteiger partial charge in [-0.05, 0) is 33.6 Å². The molecule has 0 amide bonds. The molecule has 3 heteroatoms. The molecule has 2 aliphatic heterocycles. The van der Waals surface area contributed by atoms with Gasteiger partial charge in [0.15, 0.2) is 6.29 Å². The van der Waals surface area contributed by atoms with Crippen LogP contribution in [0.1, 0.15) is 33.6 Å². The van der Waals surface area contributed by atoms with Crippen molar-refractivity contribution in [1.82, 2.24) is 0 Å². The van der Waals surface area contributed by atoms with Crippen molar-refractivity contribution in [2.24, 2.45) is 0 Å². The maximum atomic E-state index is 10.4. The van der Waals surface area contributed by atoms with E-state index in [1.165, 1.54) is 0 Å². The molecular weight excluding hydrogens is 168 g/mol. The molecule has 2 heterocycles. The molecule has 0 aliphatic carbocycles. The summed E-state index contributed by atoms with van der Waals surface area (Å²) in [6.07, 6.45) is 2.99. The molecule has 0 aromatic carbocycles. The zero-order valence-electron chi connectivity index (χ0n) is 8.37. The summed E-state index contributed by atoms with van der Waals surface area (Å²) in [4.78, 5) is 10.4. The molecule has 0 aromatic rings. The van der Waals surface area contributed by atoms with Gasteiger partial charge >= 0.3 is 0 Å². The van der Waals surface area contributed by atoms with Gasteiger partial charge in [-0.3, -0.25) is 0 Å². The number of ether oxygens (including phenoxy) is 2. The van der Waals surface area contributed by atoms with Crippen LogP contribution in [0.15, 0.2) is 0 Å². The molecular formula is C10H16O3. The van der Waals surface area contributed by atoms with Crippen LogP contribution >= 0.6 is 0 Å².